The fraction of sp³-hybridized carbons (Fsp3) is 0.846. The highest BCUT2D eigenvalue weighted by atomic mass is 16.4. The first-order valence-electron chi connectivity index (χ1n) is 6.30. The van der Waals surface area contributed by atoms with Crippen molar-refractivity contribution >= 4 is 11.9 Å². The summed E-state index contributed by atoms with van der Waals surface area (Å²) in [5.41, 5.74) is 0.0333. The molecule has 0 radical (unpaired) electrons. The maximum Gasteiger partial charge on any atom is 0.303 e. The largest absolute Gasteiger partial charge is 0.481 e. The number of rotatable bonds is 8. The third kappa shape index (κ3) is 12.9. The quantitative estimate of drug-likeness (QED) is 0.644. The molecule has 0 aromatic heterocycles. The van der Waals surface area contributed by atoms with Crippen LogP contribution >= 0.6 is 0 Å². The van der Waals surface area contributed by atoms with Gasteiger partial charge in [0.15, 0.2) is 0 Å². The molecule has 0 saturated heterocycles. The van der Waals surface area contributed by atoms with Gasteiger partial charge >= 0.3 is 5.97 Å². The van der Waals surface area contributed by atoms with Crippen molar-refractivity contribution in [1.29, 1.82) is 0 Å². The smallest absolute Gasteiger partial charge is 0.303 e. The fourth-order valence-corrected chi connectivity index (χ4v) is 1.53. The normalized spacial score (nSPS) is 11.2. The van der Waals surface area contributed by atoms with Gasteiger partial charge in [-0.25, -0.2) is 0 Å². The first kappa shape index (κ1) is 15.9. The molecule has 0 aliphatic carbocycles. The number of hydrogen-bond acceptors (Lipinski definition) is 2. The number of amides is 1. The molecule has 0 heterocycles. The van der Waals surface area contributed by atoms with Crippen LogP contribution < -0.4 is 5.32 Å². The Balaban J connectivity index is 3.34. The number of hydrogen-bond donors (Lipinski definition) is 2. The van der Waals surface area contributed by atoms with Crippen molar-refractivity contribution < 1.29 is 14.7 Å². The zero-order valence-corrected chi connectivity index (χ0v) is 11.2. The van der Waals surface area contributed by atoms with Gasteiger partial charge in [0.1, 0.15) is 0 Å². The van der Waals surface area contributed by atoms with E-state index in [1.165, 1.54) is 0 Å². The van der Waals surface area contributed by atoms with Crippen LogP contribution in [0.3, 0.4) is 0 Å². The fourth-order valence-electron chi connectivity index (χ4n) is 1.53. The van der Waals surface area contributed by atoms with Crippen LogP contribution in [-0.2, 0) is 9.59 Å². The average Bonchev–Trinajstić information content (AvgIpc) is 2.12. The number of nitrogens with one attached hydrogen (secondary N) is 1. The lowest BCUT2D eigenvalue weighted by Gasteiger charge is -2.17. The topological polar surface area (TPSA) is 66.4 Å². The monoisotopic (exact) mass is 243 g/mol. The van der Waals surface area contributed by atoms with Gasteiger partial charge in [-0.3, -0.25) is 9.59 Å². The molecule has 4 nitrogen and oxygen atoms in total. The summed E-state index contributed by atoms with van der Waals surface area (Å²) in [6, 6.07) is 0. The number of unbranched alkanes of at least 4 members (excludes halogenated alkanes) is 3. The van der Waals surface area contributed by atoms with Crippen molar-refractivity contribution in [2.45, 2.75) is 59.3 Å². The molecule has 0 aromatic carbocycles. The molecule has 0 unspecified atom stereocenters. The number of carboxylic acids is 1. The summed E-state index contributed by atoms with van der Waals surface area (Å²) in [6.07, 6.45) is 4.34. The van der Waals surface area contributed by atoms with E-state index in [9.17, 15) is 9.59 Å². The van der Waals surface area contributed by atoms with E-state index in [0.29, 0.717) is 13.0 Å². The van der Waals surface area contributed by atoms with E-state index in [-0.39, 0.29) is 17.7 Å². The maximum atomic E-state index is 11.4. The maximum absolute atomic E-state index is 11.4. The molecule has 0 spiro atoms. The van der Waals surface area contributed by atoms with Crippen molar-refractivity contribution in [3.05, 3.63) is 0 Å². The van der Waals surface area contributed by atoms with Gasteiger partial charge in [0.2, 0.25) is 5.91 Å². The molecule has 2 N–H and O–H groups in total. The number of carbonyl (C=O) groups is 2. The van der Waals surface area contributed by atoms with Crippen LogP contribution in [0.2, 0.25) is 0 Å². The second-order valence-corrected chi connectivity index (χ2v) is 5.65. The summed E-state index contributed by atoms with van der Waals surface area (Å²) in [6.45, 7) is 6.82. The summed E-state index contributed by atoms with van der Waals surface area (Å²) in [4.78, 5) is 21.7. The van der Waals surface area contributed by atoms with E-state index in [1.54, 1.807) is 0 Å². The Hall–Kier alpha value is -1.06. The molecule has 0 aliphatic heterocycles. The average molecular weight is 243 g/mol. The summed E-state index contributed by atoms with van der Waals surface area (Å²) in [5, 5.41) is 11.3. The second-order valence-electron chi connectivity index (χ2n) is 5.65. The minimum atomic E-state index is -0.733. The van der Waals surface area contributed by atoms with Gasteiger partial charge in [-0.1, -0.05) is 33.6 Å². The van der Waals surface area contributed by atoms with Crippen LogP contribution in [0.4, 0.5) is 0 Å². The Morgan fingerprint density at radius 3 is 2.18 bits per heavy atom. The number of carboxylic acid groups (broad SMARTS) is 1. The van der Waals surface area contributed by atoms with Gasteiger partial charge in [-0.2, -0.15) is 0 Å². The molecule has 0 aliphatic rings. The number of carbonyl (C=O) groups excluding carboxylic acids is 1. The highest BCUT2D eigenvalue weighted by Gasteiger charge is 2.14. The summed E-state index contributed by atoms with van der Waals surface area (Å²) in [5.74, 6) is -0.633. The Morgan fingerprint density at radius 2 is 1.65 bits per heavy atom. The Labute approximate surface area is 104 Å². The molecular formula is C13H25NO3. The predicted octanol–water partition coefficient (Wildman–Crippen LogP) is 2.57. The van der Waals surface area contributed by atoms with Crippen LogP contribution in [0, 0.1) is 5.41 Å². The van der Waals surface area contributed by atoms with Crippen molar-refractivity contribution in [1.82, 2.24) is 5.32 Å². The van der Waals surface area contributed by atoms with Gasteiger partial charge in [0.05, 0.1) is 0 Å². The highest BCUT2D eigenvalue weighted by molar-refractivity contribution is 5.76. The second kappa shape index (κ2) is 8.09. The first-order valence-corrected chi connectivity index (χ1v) is 6.30. The van der Waals surface area contributed by atoms with Crippen LogP contribution in [0.15, 0.2) is 0 Å². The predicted molar refractivity (Wildman–Crippen MR) is 67.8 cm³/mol. The molecule has 17 heavy (non-hydrogen) atoms. The minimum Gasteiger partial charge on any atom is -0.481 e. The summed E-state index contributed by atoms with van der Waals surface area (Å²) >= 11 is 0. The standard InChI is InChI=1S/C13H25NO3/c1-13(2,3)10-11(15)14-9-7-5-4-6-8-12(16)17/h4-10H2,1-3H3,(H,14,15)(H,16,17). The zero-order valence-electron chi connectivity index (χ0n) is 11.2. The van der Waals surface area contributed by atoms with Gasteiger partial charge in [0.25, 0.3) is 0 Å². The van der Waals surface area contributed by atoms with Crippen LogP contribution in [0.1, 0.15) is 59.3 Å². The number of aliphatic carboxylic acids is 1. The van der Waals surface area contributed by atoms with Gasteiger partial charge < -0.3 is 10.4 Å². The third-order valence-electron chi connectivity index (χ3n) is 2.33. The Bertz CT molecular complexity index is 244. The molecule has 0 bridgehead atoms. The molecule has 0 atom stereocenters. The van der Waals surface area contributed by atoms with Crippen molar-refractivity contribution in [3.8, 4) is 0 Å². The molecule has 0 aromatic rings. The summed E-state index contributed by atoms with van der Waals surface area (Å²) < 4.78 is 0. The van der Waals surface area contributed by atoms with Gasteiger partial charge in [0, 0.05) is 19.4 Å². The molecule has 0 rings (SSSR count). The van der Waals surface area contributed by atoms with Crippen LogP contribution in [0.25, 0.3) is 0 Å². The van der Waals surface area contributed by atoms with Crippen LogP contribution in [0.5, 0.6) is 0 Å². The lowest BCUT2D eigenvalue weighted by Crippen LogP contribution is -2.28. The molecule has 100 valence electrons. The molecule has 0 fully saturated rings. The minimum absolute atomic E-state index is 0.0333. The van der Waals surface area contributed by atoms with E-state index in [0.717, 1.165) is 25.7 Å². The van der Waals surface area contributed by atoms with E-state index in [1.807, 2.05) is 20.8 Å². The van der Waals surface area contributed by atoms with E-state index in [2.05, 4.69) is 5.32 Å². The summed E-state index contributed by atoms with van der Waals surface area (Å²) in [7, 11) is 0. The third-order valence-corrected chi connectivity index (χ3v) is 2.33. The lowest BCUT2D eigenvalue weighted by molar-refractivity contribution is -0.137. The van der Waals surface area contributed by atoms with Crippen LogP contribution in [-0.4, -0.2) is 23.5 Å². The Kier molecular flexibility index (Phi) is 7.59. The van der Waals surface area contributed by atoms with E-state index in [4.69, 9.17) is 5.11 Å². The molecular weight excluding hydrogens is 218 g/mol. The first-order chi connectivity index (χ1) is 7.81. The molecule has 1 amide bonds. The Morgan fingerprint density at radius 1 is 1.06 bits per heavy atom. The highest BCUT2D eigenvalue weighted by Crippen LogP contribution is 2.17. The van der Waals surface area contributed by atoms with E-state index >= 15 is 0 Å². The van der Waals surface area contributed by atoms with E-state index < -0.39 is 5.97 Å². The van der Waals surface area contributed by atoms with Gasteiger partial charge in [-0.05, 0) is 18.3 Å². The SMILES string of the molecule is CC(C)(C)CC(=O)NCCCCCCC(=O)O. The van der Waals surface area contributed by atoms with Crippen molar-refractivity contribution in [2.24, 2.45) is 5.41 Å². The molecule has 0 saturated carbocycles. The van der Waals surface area contributed by atoms with Gasteiger partial charge in [-0.15, -0.1) is 0 Å². The molecule has 4 heteroatoms. The zero-order chi connectivity index (χ0) is 13.3. The lowest BCUT2D eigenvalue weighted by atomic mass is 9.92. The van der Waals surface area contributed by atoms with Crippen molar-refractivity contribution in [3.63, 3.8) is 0 Å². The van der Waals surface area contributed by atoms with Crippen molar-refractivity contribution in [2.75, 3.05) is 6.54 Å².